The molecule has 0 fully saturated rings. The summed E-state index contributed by atoms with van der Waals surface area (Å²) in [6, 6.07) is 1.97. The minimum Gasteiger partial charge on any atom is -0.508 e. The van der Waals surface area contributed by atoms with Gasteiger partial charge in [0.05, 0.1) is 23.6 Å². The van der Waals surface area contributed by atoms with Crippen LogP contribution in [0.15, 0.2) is 23.5 Å². The number of hydrogen-bond acceptors (Lipinski definition) is 11. The van der Waals surface area contributed by atoms with E-state index in [1.54, 1.807) is 26.0 Å². The number of Topliss-reactive ketones (excluding diaryl/α,β-unsaturated/α-hetero) is 3. The number of aromatic hydroxyl groups is 2. The Morgan fingerprint density at radius 3 is 2.04 bits per heavy atom. The summed E-state index contributed by atoms with van der Waals surface area (Å²) < 4.78 is 33.0. The first-order valence-corrected chi connectivity index (χ1v) is 17.5. The molecular weight excluding hydrogens is 630 g/mol. The maximum Gasteiger partial charge on any atom is 0.397 e. The molecule has 3 unspecified atom stereocenters. The van der Waals surface area contributed by atoms with Crippen LogP contribution in [0.5, 0.6) is 11.5 Å². The first-order chi connectivity index (χ1) is 22.0. The quantitative estimate of drug-likeness (QED) is 0.0937. The number of aryl methyl sites for hydroxylation is 2. The number of aliphatic hydroxyl groups is 2. The van der Waals surface area contributed by atoms with Crippen LogP contribution in [0, 0.1) is 19.8 Å². The molecule has 4 rings (SSSR count). The molecule has 2 aliphatic rings. The van der Waals surface area contributed by atoms with Gasteiger partial charge in [-0.2, -0.15) is 8.42 Å². The van der Waals surface area contributed by atoms with E-state index < -0.39 is 62.4 Å². The molecule has 0 heterocycles. The van der Waals surface area contributed by atoms with Gasteiger partial charge in [-0.25, -0.2) is 4.18 Å². The molecule has 0 spiro atoms. The van der Waals surface area contributed by atoms with E-state index in [0.717, 1.165) is 19.8 Å². The van der Waals surface area contributed by atoms with Crippen molar-refractivity contribution in [3.8, 4) is 11.5 Å². The third-order valence-corrected chi connectivity index (χ3v) is 9.67. The molecule has 0 radical (unpaired) electrons. The van der Waals surface area contributed by atoms with Crippen molar-refractivity contribution in [1.29, 1.82) is 0 Å². The molecule has 13 heteroatoms. The molecule has 0 aliphatic heterocycles. The normalized spacial score (nSPS) is 20.9. The first-order valence-electron chi connectivity index (χ1n) is 16.1. The fourth-order valence-electron chi connectivity index (χ4n) is 6.51. The molecule has 3 atom stereocenters. The number of nitrogens with two attached hydrogens (primary N) is 1. The number of ketones is 3. The van der Waals surface area contributed by atoms with Gasteiger partial charge >= 0.3 is 10.4 Å². The second kappa shape index (κ2) is 15.7. The first kappa shape index (κ1) is 38.1. The molecule has 260 valence electrons. The van der Waals surface area contributed by atoms with Crippen LogP contribution in [0.2, 0.25) is 0 Å². The van der Waals surface area contributed by atoms with Gasteiger partial charge in [-0.3, -0.25) is 18.9 Å². The van der Waals surface area contributed by atoms with Gasteiger partial charge in [0, 0.05) is 5.92 Å². The Balaban J connectivity index is 0.000000303. The third-order valence-electron chi connectivity index (χ3n) is 9.21. The van der Waals surface area contributed by atoms with E-state index in [0.29, 0.717) is 28.5 Å². The van der Waals surface area contributed by atoms with Crippen LogP contribution < -0.4 is 5.73 Å². The second-order valence-corrected chi connectivity index (χ2v) is 13.6. The maximum atomic E-state index is 13.5. The number of carbonyl (C=O) groups is 3. The molecular formula is C34H47NO11S. The third kappa shape index (κ3) is 8.03. The lowest BCUT2D eigenvalue weighted by Gasteiger charge is -2.45. The summed E-state index contributed by atoms with van der Waals surface area (Å²) in [6.07, 6.45) is 11.8. The fraction of sp³-hybridized carbons (Fsp3) is 0.559. The predicted octanol–water partition coefficient (Wildman–Crippen LogP) is 4.99. The Bertz CT molecular complexity index is 1660. The van der Waals surface area contributed by atoms with Gasteiger partial charge in [0.1, 0.15) is 22.8 Å². The molecule has 2 aromatic carbocycles. The lowest BCUT2D eigenvalue weighted by atomic mass is 9.61. The molecule has 0 saturated heterocycles. The maximum absolute atomic E-state index is 13.5. The zero-order valence-corrected chi connectivity index (χ0v) is 28.3. The summed E-state index contributed by atoms with van der Waals surface area (Å²) >= 11 is 0. The van der Waals surface area contributed by atoms with Gasteiger partial charge in [-0.15, -0.1) is 0 Å². The fourth-order valence-corrected chi connectivity index (χ4v) is 6.84. The number of unbranched alkanes of at least 4 members (excludes halogenated alkanes) is 9. The van der Waals surface area contributed by atoms with E-state index in [9.17, 15) is 43.2 Å². The minimum absolute atomic E-state index is 0.0492. The summed E-state index contributed by atoms with van der Waals surface area (Å²) in [6.45, 7) is 6.66. The number of phenols is 2. The molecule has 0 amide bonds. The Morgan fingerprint density at radius 1 is 0.957 bits per heavy atom. The topological polar surface area (TPSA) is 222 Å². The number of phenolic OH excluding ortho intramolecular Hbond substituents is 2. The number of hydrogen-bond donors (Lipinski definition) is 6. The van der Waals surface area contributed by atoms with Crippen molar-refractivity contribution >= 4 is 38.5 Å². The van der Waals surface area contributed by atoms with E-state index in [1.807, 2.05) is 0 Å². The molecule has 2 aromatic rings. The highest BCUT2D eigenvalue weighted by Crippen LogP contribution is 2.50. The van der Waals surface area contributed by atoms with E-state index in [1.165, 1.54) is 44.9 Å². The number of rotatable bonds is 13. The molecule has 0 aromatic heterocycles. The molecule has 12 nitrogen and oxygen atoms in total. The molecule has 2 aliphatic carbocycles. The smallest absolute Gasteiger partial charge is 0.397 e. The number of carbonyl (C=O) groups excluding carboxylic acids is 3. The van der Waals surface area contributed by atoms with Crippen LogP contribution in [-0.2, 0) is 30.6 Å². The number of aliphatic hydroxyl groups excluding tert-OH is 1. The van der Waals surface area contributed by atoms with Crippen molar-refractivity contribution < 1.29 is 52.0 Å². The van der Waals surface area contributed by atoms with Crippen molar-refractivity contribution in [3.63, 3.8) is 0 Å². The zero-order valence-electron chi connectivity index (χ0n) is 27.5. The SMILES string of the molecule is CC(=O)C1=C(O)C2(O)C(=O)c3c(c(C)c4ccc(C)c(O)c4c3O)CC2C(N)C1=O.CCCCCCCCCCCCOS(=O)(=O)O. The highest BCUT2D eigenvalue weighted by atomic mass is 32.3. The van der Waals surface area contributed by atoms with Gasteiger partial charge < -0.3 is 26.2 Å². The Kier molecular flexibility index (Phi) is 12.7. The lowest BCUT2D eigenvalue weighted by Crippen LogP contribution is -2.63. The highest BCUT2D eigenvalue weighted by molar-refractivity contribution is 7.80. The van der Waals surface area contributed by atoms with E-state index >= 15 is 0 Å². The van der Waals surface area contributed by atoms with Crippen LogP contribution in [-0.4, -0.2) is 69.0 Å². The average molecular weight is 678 g/mol. The highest BCUT2D eigenvalue weighted by Gasteiger charge is 2.61. The average Bonchev–Trinajstić information content (AvgIpc) is 2.99. The van der Waals surface area contributed by atoms with E-state index in [2.05, 4.69) is 11.1 Å². The van der Waals surface area contributed by atoms with Crippen molar-refractivity contribution in [3.05, 3.63) is 45.7 Å². The van der Waals surface area contributed by atoms with Gasteiger partial charge in [0.2, 0.25) is 5.78 Å². The monoisotopic (exact) mass is 677 g/mol. The van der Waals surface area contributed by atoms with Crippen molar-refractivity contribution in [2.75, 3.05) is 6.61 Å². The van der Waals surface area contributed by atoms with Crippen LogP contribution >= 0.6 is 0 Å². The van der Waals surface area contributed by atoms with Crippen molar-refractivity contribution in [1.82, 2.24) is 0 Å². The predicted molar refractivity (Wildman–Crippen MR) is 176 cm³/mol. The zero-order chi connectivity index (χ0) is 35.3. The largest absolute Gasteiger partial charge is 0.508 e. The van der Waals surface area contributed by atoms with Crippen LogP contribution in [0.3, 0.4) is 0 Å². The molecule has 0 bridgehead atoms. The standard InChI is InChI=1S/C22H21NO7.C12H26O4S/c1-7-4-5-10-8(2)11-6-12-16(23)19(27)13(9(3)24)20(28)22(12,30)21(29)15(11)18(26)14(10)17(7)25;1-2-3-4-5-6-7-8-9-10-11-12-16-17(13,14)15/h4-5,12,16,25-26,28,30H,6,23H2,1-3H3;2-12H2,1H3,(H,13,14,15). The van der Waals surface area contributed by atoms with Gasteiger partial charge in [-0.1, -0.05) is 76.8 Å². The minimum atomic E-state index is -4.23. The summed E-state index contributed by atoms with van der Waals surface area (Å²) in [7, 11) is -4.23. The Hall–Kier alpha value is -3.36. The van der Waals surface area contributed by atoms with E-state index in [-0.39, 0.29) is 29.7 Å². The van der Waals surface area contributed by atoms with Crippen molar-refractivity contribution in [2.24, 2.45) is 11.7 Å². The Morgan fingerprint density at radius 2 is 1.51 bits per heavy atom. The molecule has 0 saturated carbocycles. The van der Waals surface area contributed by atoms with Crippen LogP contribution in [0.1, 0.15) is 105 Å². The van der Waals surface area contributed by atoms with Crippen LogP contribution in [0.4, 0.5) is 0 Å². The number of fused-ring (bicyclic) bond motifs is 3. The van der Waals surface area contributed by atoms with Crippen molar-refractivity contribution in [2.45, 2.75) is 110 Å². The second-order valence-electron chi connectivity index (χ2n) is 12.5. The van der Waals surface area contributed by atoms with Gasteiger partial charge in [-0.05, 0) is 55.7 Å². The van der Waals surface area contributed by atoms with E-state index in [4.69, 9.17) is 10.3 Å². The van der Waals surface area contributed by atoms with Gasteiger partial charge in [0.15, 0.2) is 17.2 Å². The lowest BCUT2D eigenvalue weighted by molar-refractivity contribution is -0.127. The Labute approximate surface area is 275 Å². The summed E-state index contributed by atoms with van der Waals surface area (Å²) in [5, 5.41) is 43.9. The summed E-state index contributed by atoms with van der Waals surface area (Å²) in [5.41, 5.74) is 3.80. The van der Waals surface area contributed by atoms with Crippen LogP contribution in [0.25, 0.3) is 10.8 Å². The van der Waals surface area contributed by atoms with Gasteiger partial charge in [0.25, 0.3) is 0 Å². The molecule has 47 heavy (non-hydrogen) atoms. The number of benzene rings is 2. The summed E-state index contributed by atoms with van der Waals surface area (Å²) in [5.74, 6) is -5.76. The molecule has 7 N–H and O–H groups in total. The summed E-state index contributed by atoms with van der Waals surface area (Å²) in [4.78, 5) is 37.9.